The summed E-state index contributed by atoms with van der Waals surface area (Å²) in [6.07, 6.45) is 3.65. The lowest BCUT2D eigenvalue weighted by atomic mass is 10.0. The number of nitrogens with zero attached hydrogens (tertiary/aromatic N) is 3. The van der Waals surface area contributed by atoms with Crippen LogP contribution < -0.4 is 4.74 Å². The van der Waals surface area contributed by atoms with E-state index in [1.807, 2.05) is 43.1 Å². The third-order valence-corrected chi connectivity index (χ3v) is 5.13. The Hall–Kier alpha value is -2.14. The van der Waals surface area contributed by atoms with Gasteiger partial charge < -0.3 is 14.5 Å². The molecule has 0 bridgehead atoms. The van der Waals surface area contributed by atoms with Gasteiger partial charge in [0.05, 0.1) is 18.2 Å². The van der Waals surface area contributed by atoms with Gasteiger partial charge in [-0.3, -0.25) is 9.78 Å². The van der Waals surface area contributed by atoms with Crippen molar-refractivity contribution < 1.29 is 9.53 Å². The molecule has 2 aromatic rings. The van der Waals surface area contributed by atoms with E-state index in [0.717, 1.165) is 41.9 Å². The SMILES string of the molecule is COc1ccc2c(C(=O)N(C)CC3CCCCN3C)cc(C)nc2c1. The highest BCUT2D eigenvalue weighted by molar-refractivity contribution is 6.06. The minimum atomic E-state index is 0.0552. The van der Waals surface area contributed by atoms with Gasteiger partial charge >= 0.3 is 0 Å². The quantitative estimate of drug-likeness (QED) is 0.857. The van der Waals surface area contributed by atoms with E-state index in [0.29, 0.717) is 11.6 Å². The highest BCUT2D eigenvalue weighted by Crippen LogP contribution is 2.25. The van der Waals surface area contributed by atoms with Gasteiger partial charge in [0, 0.05) is 36.8 Å². The average Bonchev–Trinajstić information content (AvgIpc) is 2.61. The van der Waals surface area contributed by atoms with Crippen LogP contribution in [-0.4, -0.2) is 61.0 Å². The van der Waals surface area contributed by atoms with Crippen LogP contribution in [0.3, 0.4) is 0 Å². The number of ether oxygens (including phenoxy) is 1. The van der Waals surface area contributed by atoms with Crippen molar-refractivity contribution in [1.82, 2.24) is 14.8 Å². The molecule has 5 heteroatoms. The Balaban J connectivity index is 1.88. The Morgan fingerprint density at radius 3 is 2.88 bits per heavy atom. The van der Waals surface area contributed by atoms with Gasteiger partial charge in [0.15, 0.2) is 0 Å². The number of methoxy groups -OCH3 is 1. The molecule has 0 radical (unpaired) electrons. The number of hydrogen-bond donors (Lipinski definition) is 0. The zero-order valence-electron chi connectivity index (χ0n) is 15.6. The maximum Gasteiger partial charge on any atom is 0.254 e. The number of benzene rings is 1. The molecular formula is C20H27N3O2. The first-order valence-electron chi connectivity index (χ1n) is 8.90. The van der Waals surface area contributed by atoms with Gasteiger partial charge in [0.25, 0.3) is 5.91 Å². The van der Waals surface area contributed by atoms with Crippen LogP contribution in [0.4, 0.5) is 0 Å². The molecule has 25 heavy (non-hydrogen) atoms. The second kappa shape index (κ2) is 7.40. The van der Waals surface area contributed by atoms with Gasteiger partial charge in [-0.25, -0.2) is 0 Å². The summed E-state index contributed by atoms with van der Waals surface area (Å²) in [6.45, 7) is 3.79. The largest absolute Gasteiger partial charge is 0.497 e. The predicted molar refractivity (Wildman–Crippen MR) is 100 cm³/mol. The smallest absolute Gasteiger partial charge is 0.254 e. The van der Waals surface area contributed by atoms with Gasteiger partial charge in [-0.2, -0.15) is 0 Å². The lowest BCUT2D eigenvalue weighted by molar-refractivity contribution is 0.0718. The van der Waals surface area contributed by atoms with E-state index >= 15 is 0 Å². The second-order valence-electron chi connectivity index (χ2n) is 7.01. The summed E-state index contributed by atoms with van der Waals surface area (Å²) in [5, 5.41) is 0.875. The van der Waals surface area contributed by atoms with Crippen LogP contribution in [0, 0.1) is 6.92 Å². The van der Waals surface area contributed by atoms with Crippen LogP contribution >= 0.6 is 0 Å². The van der Waals surface area contributed by atoms with Crippen LogP contribution in [0.2, 0.25) is 0 Å². The van der Waals surface area contributed by atoms with E-state index in [9.17, 15) is 4.79 Å². The molecule has 3 rings (SSSR count). The molecule has 1 saturated heterocycles. The molecule has 5 nitrogen and oxygen atoms in total. The van der Waals surface area contributed by atoms with Crippen molar-refractivity contribution in [3.8, 4) is 5.75 Å². The molecule has 1 aliphatic heterocycles. The maximum atomic E-state index is 13.1. The third kappa shape index (κ3) is 3.76. The molecule has 134 valence electrons. The highest BCUT2D eigenvalue weighted by atomic mass is 16.5. The predicted octanol–water partition coefficient (Wildman–Crippen LogP) is 3.11. The number of piperidine rings is 1. The number of likely N-dealkylation sites (tertiary alicyclic amines) is 1. The van der Waals surface area contributed by atoms with Crippen LogP contribution in [-0.2, 0) is 0 Å². The second-order valence-corrected chi connectivity index (χ2v) is 7.01. The van der Waals surface area contributed by atoms with Crippen molar-refractivity contribution in [3.05, 3.63) is 35.5 Å². The molecule has 1 aliphatic rings. The first-order valence-corrected chi connectivity index (χ1v) is 8.90. The minimum Gasteiger partial charge on any atom is -0.497 e. The molecule has 0 aliphatic carbocycles. The zero-order chi connectivity index (χ0) is 18.0. The number of hydrogen-bond acceptors (Lipinski definition) is 4. The molecule has 1 unspecified atom stereocenters. The highest BCUT2D eigenvalue weighted by Gasteiger charge is 2.24. The number of fused-ring (bicyclic) bond motifs is 1. The van der Waals surface area contributed by atoms with Gasteiger partial charge in [-0.15, -0.1) is 0 Å². The normalized spacial score (nSPS) is 18.3. The Morgan fingerprint density at radius 1 is 1.36 bits per heavy atom. The first kappa shape index (κ1) is 17.7. The lowest BCUT2D eigenvalue weighted by Crippen LogP contribution is -2.45. The zero-order valence-corrected chi connectivity index (χ0v) is 15.6. The van der Waals surface area contributed by atoms with Crippen molar-refractivity contribution >= 4 is 16.8 Å². The van der Waals surface area contributed by atoms with E-state index < -0.39 is 0 Å². The van der Waals surface area contributed by atoms with E-state index in [1.165, 1.54) is 12.8 Å². The molecule has 1 atom stereocenters. The monoisotopic (exact) mass is 341 g/mol. The summed E-state index contributed by atoms with van der Waals surface area (Å²) < 4.78 is 5.28. The van der Waals surface area contributed by atoms with Crippen molar-refractivity contribution in [2.75, 3.05) is 34.3 Å². The Morgan fingerprint density at radius 2 is 2.16 bits per heavy atom. The first-order chi connectivity index (χ1) is 12.0. The number of carbonyl (C=O) groups excluding carboxylic acids is 1. The average molecular weight is 341 g/mol. The number of likely N-dealkylation sites (N-methyl/N-ethyl adjacent to an activating group) is 2. The number of pyridine rings is 1. The van der Waals surface area contributed by atoms with Crippen molar-refractivity contribution in [3.63, 3.8) is 0 Å². The number of aromatic nitrogens is 1. The minimum absolute atomic E-state index is 0.0552. The molecular weight excluding hydrogens is 314 g/mol. The number of aryl methyl sites for hydroxylation is 1. The van der Waals surface area contributed by atoms with Crippen molar-refractivity contribution in [2.45, 2.75) is 32.2 Å². The number of rotatable bonds is 4. The molecule has 1 aromatic heterocycles. The Labute approximate surface area is 149 Å². The van der Waals surface area contributed by atoms with Crippen LogP contribution in [0.5, 0.6) is 5.75 Å². The molecule has 0 spiro atoms. The summed E-state index contributed by atoms with van der Waals surface area (Å²) in [4.78, 5) is 21.9. The van der Waals surface area contributed by atoms with Crippen LogP contribution in [0.25, 0.3) is 10.9 Å². The van der Waals surface area contributed by atoms with E-state index in [2.05, 4.69) is 16.9 Å². The molecule has 1 fully saturated rings. The van der Waals surface area contributed by atoms with Gasteiger partial charge in [-0.05, 0) is 51.6 Å². The van der Waals surface area contributed by atoms with E-state index in [-0.39, 0.29) is 5.91 Å². The Bertz CT molecular complexity index is 775. The third-order valence-electron chi connectivity index (χ3n) is 5.13. The van der Waals surface area contributed by atoms with Gasteiger partial charge in [-0.1, -0.05) is 6.42 Å². The lowest BCUT2D eigenvalue weighted by Gasteiger charge is -2.35. The standard InChI is InChI=1S/C20H27N3O2/c1-14-11-18(17-9-8-16(25-4)12-19(17)21-14)20(24)23(3)13-15-7-5-6-10-22(15)2/h8-9,11-12,15H,5-7,10,13H2,1-4H3. The number of carbonyl (C=O) groups is 1. The fourth-order valence-corrected chi connectivity index (χ4v) is 3.62. The maximum absolute atomic E-state index is 13.1. The van der Waals surface area contributed by atoms with Crippen LogP contribution in [0.15, 0.2) is 24.3 Å². The summed E-state index contributed by atoms with van der Waals surface area (Å²) in [6, 6.07) is 8.02. The molecule has 1 aromatic carbocycles. The summed E-state index contributed by atoms with van der Waals surface area (Å²) in [5.41, 5.74) is 2.35. The van der Waals surface area contributed by atoms with Crippen molar-refractivity contribution in [1.29, 1.82) is 0 Å². The van der Waals surface area contributed by atoms with Crippen LogP contribution in [0.1, 0.15) is 35.3 Å². The topological polar surface area (TPSA) is 45.7 Å². The molecule has 2 heterocycles. The fourth-order valence-electron chi connectivity index (χ4n) is 3.62. The van der Waals surface area contributed by atoms with E-state index in [4.69, 9.17) is 4.74 Å². The Kier molecular flexibility index (Phi) is 5.23. The van der Waals surface area contributed by atoms with Gasteiger partial charge in [0.1, 0.15) is 5.75 Å². The van der Waals surface area contributed by atoms with E-state index in [1.54, 1.807) is 7.11 Å². The fraction of sp³-hybridized carbons (Fsp3) is 0.500. The summed E-state index contributed by atoms with van der Waals surface area (Å²) >= 11 is 0. The molecule has 0 saturated carbocycles. The molecule has 0 N–H and O–H groups in total. The summed E-state index contributed by atoms with van der Waals surface area (Å²) in [5.74, 6) is 0.806. The summed E-state index contributed by atoms with van der Waals surface area (Å²) in [7, 11) is 5.69. The number of amides is 1. The van der Waals surface area contributed by atoms with Gasteiger partial charge in [0.2, 0.25) is 0 Å². The molecule has 1 amide bonds. The van der Waals surface area contributed by atoms with Crippen molar-refractivity contribution in [2.24, 2.45) is 0 Å².